The number of hydrogen-bond donors (Lipinski definition) is 1. The van der Waals surface area contributed by atoms with Crippen molar-refractivity contribution in [3.05, 3.63) is 23.5 Å². The van der Waals surface area contributed by atoms with E-state index in [0.29, 0.717) is 6.04 Å². The highest BCUT2D eigenvalue weighted by molar-refractivity contribution is 7.15. The van der Waals surface area contributed by atoms with E-state index in [1.54, 1.807) is 11.3 Å². The maximum atomic E-state index is 4.76. The molecule has 1 atom stereocenters. The van der Waals surface area contributed by atoms with E-state index in [9.17, 15) is 0 Å². The van der Waals surface area contributed by atoms with Crippen molar-refractivity contribution in [1.29, 1.82) is 0 Å². The second kappa shape index (κ2) is 7.41. The van der Waals surface area contributed by atoms with E-state index in [0.717, 1.165) is 23.8 Å². The molecular formula is C17H27N3S. The molecule has 1 N–H and O–H groups in total. The Balaban J connectivity index is 1.61. The lowest BCUT2D eigenvalue weighted by molar-refractivity contribution is 0.296. The Kier molecular flexibility index (Phi) is 5.31. The van der Waals surface area contributed by atoms with Crippen LogP contribution in [0.15, 0.2) is 17.8 Å². The second-order valence-corrected chi connectivity index (χ2v) is 7.29. The Labute approximate surface area is 131 Å². The van der Waals surface area contributed by atoms with Gasteiger partial charge in [-0.05, 0) is 25.3 Å². The smallest absolute Gasteiger partial charge is 0.193 e. The number of imidazole rings is 1. The van der Waals surface area contributed by atoms with Gasteiger partial charge in [-0.25, -0.2) is 4.98 Å². The standard InChI is InChI=1S/C17H27N3S/c1-2-8-18-15(11-14-6-4-3-5-7-14)12-16-13-20-9-10-21-17(20)19-16/h9-10,13-15,18H,2-8,11-12H2,1H3. The minimum absolute atomic E-state index is 0.595. The molecule has 1 saturated carbocycles. The largest absolute Gasteiger partial charge is 0.314 e. The third kappa shape index (κ3) is 4.07. The molecule has 2 heterocycles. The van der Waals surface area contributed by atoms with Crippen LogP contribution in [0.1, 0.15) is 57.6 Å². The van der Waals surface area contributed by atoms with Crippen LogP contribution in [-0.2, 0) is 6.42 Å². The number of nitrogens with zero attached hydrogens (tertiary/aromatic N) is 2. The number of aromatic nitrogens is 2. The summed E-state index contributed by atoms with van der Waals surface area (Å²) in [6.45, 7) is 3.37. The monoisotopic (exact) mass is 305 g/mol. The molecule has 116 valence electrons. The fourth-order valence-corrected chi connectivity index (χ4v) is 4.26. The van der Waals surface area contributed by atoms with E-state index >= 15 is 0 Å². The molecule has 1 aliphatic carbocycles. The fourth-order valence-electron chi connectivity index (χ4n) is 3.54. The van der Waals surface area contributed by atoms with E-state index in [2.05, 4.69) is 34.4 Å². The third-order valence-corrected chi connectivity index (χ3v) is 5.40. The Morgan fingerprint density at radius 2 is 2.24 bits per heavy atom. The minimum atomic E-state index is 0.595. The lowest BCUT2D eigenvalue weighted by Crippen LogP contribution is -2.34. The molecule has 0 saturated heterocycles. The Morgan fingerprint density at radius 1 is 1.38 bits per heavy atom. The van der Waals surface area contributed by atoms with Gasteiger partial charge in [-0.1, -0.05) is 39.0 Å². The molecule has 1 aliphatic rings. The Hall–Kier alpha value is -0.870. The van der Waals surface area contributed by atoms with Crippen molar-refractivity contribution in [3.8, 4) is 0 Å². The van der Waals surface area contributed by atoms with Gasteiger partial charge in [0.05, 0.1) is 5.69 Å². The first-order valence-corrected chi connectivity index (χ1v) is 9.37. The molecule has 3 nitrogen and oxygen atoms in total. The Morgan fingerprint density at radius 3 is 3.00 bits per heavy atom. The third-order valence-electron chi connectivity index (χ3n) is 4.62. The highest BCUT2D eigenvalue weighted by Gasteiger charge is 2.20. The molecule has 2 aromatic heterocycles. The molecule has 0 bridgehead atoms. The number of hydrogen-bond acceptors (Lipinski definition) is 3. The SMILES string of the molecule is CCCNC(Cc1cn2ccsc2n1)CC1CCCCC1. The normalized spacial score (nSPS) is 18.3. The van der Waals surface area contributed by atoms with Gasteiger partial charge in [0, 0.05) is 30.2 Å². The van der Waals surface area contributed by atoms with Crippen LogP contribution in [-0.4, -0.2) is 22.0 Å². The van der Waals surface area contributed by atoms with Crippen LogP contribution in [0.2, 0.25) is 0 Å². The summed E-state index contributed by atoms with van der Waals surface area (Å²) in [5, 5.41) is 5.85. The average molecular weight is 305 g/mol. The van der Waals surface area contributed by atoms with Crippen molar-refractivity contribution in [3.63, 3.8) is 0 Å². The molecule has 0 aliphatic heterocycles. The molecule has 1 unspecified atom stereocenters. The van der Waals surface area contributed by atoms with E-state index in [4.69, 9.17) is 4.98 Å². The minimum Gasteiger partial charge on any atom is -0.314 e. The van der Waals surface area contributed by atoms with Crippen molar-refractivity contribution in [2.24, 2.45) is 5.92 Å². The van der Waals surface area contributed by atoms with E-state index in [1.165, 1.54) is 50.6 Å². The van der Waals surface area contributed by atoms with Crippen molar-refractivity contribution in [2.75, 3.05) is 6.54 Å². The van der Waals surface area contributed by atoms with Crippen LogP contribution in [0, 0.1) is 5.92 Å². The van der Waals surface area contributed by atoms with Gasteiger partial charge >= 0.3 is 0 Å². The first-order chi connectivity index (χ1) is 10.3. The molecule has 2 aromatic rings. The first kappa shape index (κ1) is 15.0. The van der Waals surface area contributed by atoms with Crippen molar-refractivity contribution < 1.29 is 0 Å². The molecule has 0 amide bonds. The average Bonchev–Trinajstić information content (AvgIpc) is 3.07. The zero-order valence-electron chi connectivity index (χ0n) is 13.1. The predicted octanol–water partition coefficient (Wildman–Crippen LogP) is 4.28. The molecule has 0 spiro atoms. The maximum Gasteiger partial charge on any atom is 0.193 e. The van der Waals surface area contributed by atoms with Crippen LogP contribution in [0.5, 0.6) is 0 Å². The summed E-state index contributed by atoms with van der Waals surface area (Å²) in [6, 6.07) is 0.595. The van der Waals surface area contributed by atoms with Gasteiger partial charge in [-0.2, -0.15) is 0 Å². The molecule has 4 heteroatoms. The first-order valence-electron chi connectivity index (χ1n) is 8.49. The number of fused-ring (bicyclic) bond motifs is 1. The van der Waals surface area contributed by atoms with Gasteiger partial charge in [0.25, 0.3) is 0 Å². The molecule has 3 rings (SSSR count). The fraction of sp³-hybridized carbons (Fsp3) is 0.706. The number of rotatable bonds is 7. The van der Waals surface area contributed by atoms with Crippen LogP contribution in [0.3, 0.4) is 0 Å². The van der Waals surface area contributed by atoms with Gasteiger partial charge in [0.2, 0.25) is 0 Å². The topological polar surface area (TPSA) is 29.3 Å². The molecule has 21 heavy (non-hydrogen) atoms. The molecule has 0 radical (unpaired) electrons. The zero-order chi connectivity index (χ0) is 14.5. The highest BCUT2D eigenvalue weighted by Crippen LogP contribution is 2.28. The predicted molar refractivity (Wildman–Crippen MR) is 90.0 cm³/mol. The van der Waals surface area contributed by atoms with Gasteiger partial charge in [0.15, 0.2) is 4.96 Å². The van der Waals surface area contributed by atoms with Crippen LogP contribution in [0.25, 0.3) is 4.96 Å². The van der Waals surface area contributed by atoms with Crippen LogP contribution >= 0.6 is 11.3 Å². The highest BCUT2D eigenvalue weighted by atomic mass is 32.1. The summed E-state index contributed by atoms with van der Waals surface area (Å²) >= 11 is 1.72. The van der Waals surface area contributed by atoms with Crippen LogP contribution < -0.4 is 5.32 Å². The summed E-state index contributed by atoms with van der Waals surface area (Å²) in [4.78, 5) is 5.88. The van der Waals surface area contributed by atoms with Gasteiger partial charge in [-0.15, -0.1) is 11.3 Å². The summed E-state index contributed by atoms with van der Waals surface area (Å²) in [7, 11) is 0. The maximum absolute atomic E-state index is 4.76. The summed E-state index contributed by atoms with van der Waals surface area (Å²) in [5.41, 5.74) is 1.24. The Bertz CT molecular complexity index is 510. The molecular weight excluding hydrogens is 278 g/mol. The van der Waals surface area contributed by atoms with Gasteiger partial charge in [-0.3, -0.25) is 4.40 Å². The number of thiazole rings is 1. The van der Waals surface area contributed by atoms with Crippen molar-refractivity contribution >= 4 is 16.3 Å². The van der Waals surface area contributed by atoms with E-state index < -0.39 is 0 Å². The summed E-state index contributed by atoms with van der Waals surface area (Å²) in [6.07, 6.45) is 15.1. The zero-order valence-corrected chi connectivity index (χ0v) is 13.9. The van der Waals surface area contributed by atoms with E-state index in [1.807, 2.05) is 0 Å². The molecule has 1 fully saturated rings. The number of nitrogens with one attached hydrogen (secondary N) is 1. The molecule has 0 aromatic carbocycles. The summed E-state index contributed by atoms with van der Waals surface area (Å²) < 4.78 is 2.15. The van der Waals surface area contributed by atoms with Crippen LogP contribution in [0.4, 0.5) is 0 Å². The second-order valence-electron chi connectivity index (χ2n) is 6.42. The lowest BCUT2D eigenvalue weighted by Gasteiger charge is -2.27. The van der Waals surface area contributed by atoms with Gasteiger partial charge < -0.3 is 5.32 Å². The van der Waals surface area contributed by atoms with E-state index in [-0.39, 0.29) is 0 Å². The lowest BCUT2D eigenvalue weighted by atomic mass is 9.84. The van der Waals surface area contributed by atoms with Gasteiger partial charge in [0.1, 0.15) is 0 Å². The quantitative estimate of drug-likeness (QED) is 0.827. The van der Waals surface area contributed by atoms with Crippen molar-refractivity contribution in [2.45, 2.75) is 64.3 Å². The summed E-state index contributed by atoms with van der Waals surface area (Å²) in [5.74, 6) is 0.928. The van der Waals surface area contributed by atoms with Crippen molar-refractivity contribution in [1.82, 2.24) is 14.7 Å².